The maximum absolute atomic E-state index is 14.3. The number of fused-ring (bicyclic) bond motifs is 2. The minimum absolute atomic E-state index is 0.231. The molecule has 0 spiro atoms. The molecular formula is C25H25FN6O. The van der Waals surface area contributed by atoms with Crippen molar-refractivity contribution in [3.8, 4) is 11.8 Å². The number of hydrogen-bond donors (Lipinski definition) is 1. The molecule has 1 aliphatic rings. The lowest BCUT2D eigenvalue weighted by Gasteiger charge is -2.21. The summed E-state index contributed by atoms with van der Waals surface area (Å²) in [6, 6.07) is 10.4. The van der Waals surface area contributed by atoms with Gasteiger partial charge in [0.15, 0.2) is 0 Å². The first-order chi connectivity index (χ1) is 16.2. The predicted octanol–water partition coefficient (Wildman–Crippen LogP) is 2.76. The fourth-order valence-electron chi connectivity index (χ4n) is 4.41. The molecule has 1 aliphatic heterocycles. The summed E-state index contributed by atoms with van der Waals surface area (Å²) in [5.41, 5.74) is 1.65. The average molecular weight is 445 g/mol. The van der Waals surface area contributed by atoms with Gasteiger partial charge in [-0.2, -0.15) is 5.10 Å². The van der Waals surface area contributed by atoms with E-state index in [4.69, 9.17) is 4.98 Å². The van der Waals surface area contributed by atoms with Gasteiger partial charge < -0.3 is 10.2 Å². The van der Waals surface area contributed by atoms with E-state index in [1.807, 2.05) is 16.7 Å². The van der Waals surface area contributed by atoms with Crippen LogP contribution in [0.1, 0.15) is 18.9 Å². The topological polar surface area (TPSA) is 68.0 Å². The minimum Gasteiger partial charge on any atom is -0.341 e. The number of rotatable bonds is 4. The molecule has 1 saturated heterocycles. The summed E-state index contributed by atoms with van der Waals surface area (Å²) >= 11 is 0. The SMILES string of the molecule is CC#CCn1c(N2CCCNCC2)nc2cnn(Cc3ccc(F)c4ccccc34)c(=O)c21. The molecular weight excluding hydrogens is 419 g/mol. The molecule has 1 N–H and O–H groups in total. The van der Waals surface area contributed by atoms with Crippen LogP contribution in [0.25, 0.3) is 21.8 Å². The van der Waals surface area contributed by atoms with Crippen molar-refractivity contribution < 1.29 is 4.39 Å². The van der Waals surface area contributed by atoms with Gasteiger partial charge in [0.2, 0.25) is 5.95 Å². The van der Waals surface area contributed by atoms with E-state index >= 15 is 0 Å². The Hall–Kier alpha value is -3.70. The summed E-state index contributed by atoms with van der Waals surface area (Å²) in [4.78, 5) is 20.5. The van der Waals surface area contributed by atoms with Gasteiger partial charge in [0.25, 0.3) is 5.56 Å². The fourth-order valence-corrected chi connectivity index (χ4v) is 4.41. The largest absolute Gasteiger partial charge is 0.341 e. The molecule has 0 unspecified atom stereocenters. The standard InChI is InChI=1S/C25H25FN6O/c1-2-3-14-31-23-22(29-25(31)30-13-6-11-27-12-15-30)16-28-32(24(23)33)17-18-9-10-21(26)20-8-5-4-7-19(18)20/h4-5,7-10,16,27H,6,11-15,17H2,1H3. The van der Waals surface area contributed by atoms with Crippen LogP contribution >= 0.6 is 0 Å². The highest BCUT2D eigenvalue weighted by Gasteiger charge is 2.21. The smallest absolute Gasteiger partial charge is 0.293 e. The molecule has 168 valence electrons. The van der Waals surface area contributed by atoms with Gasteiger partial charge >= 0.3 is 0 Å². The van der Waals surface area contributed by atoms with E-state index in [9.17, 15) is 9.18 Å². The van der Waals surface area contributed by atoms with Gasteiger partial charge in [0.05, 0.1) is 19.3 Å². The molecule has 0 saturated carbocycles. The van der Waals surface area contributed by atoms with Crippen LogP contribution in [0.2, 0.25) is 0 Å². The Kier molecular flexibility index (Phi) is 5.80. The van der Waals surface area contributed by atoms with Gasteiger partial charge in [-0.3, -0.25) is 9.36 Å². The zero-order valence-electron chi connectivity index (χ0n) is 18.5. The van der Waals surface area contributed by atoms with E-state index in [-0.39, 0.29) is 17.9 Å². The van der Waals surface area contributed by atoms with E-state index in [1.165, 1.54) is 10.7 Å². The molecule has 1 fully saturated rings. The van der Waals surface area contributed by atoms with E-state index in [0.29, 0.717) is 23.0 Å². The second-order valence-electron chi connectivity index (χ2n) is 8.11. The van der Waals surface area contributed by atoms with Crippen LogP contribution < -0.4 is 15.8 Å². The van der Waals surface area contributed by atoms with Gasteiger partial charge in [-0.1, -0.05) is 36.3 Å². The Labute approximate surface area is 190 Å². The van der Waals surface area contributed by atoms with Crippen LogP contribution in [0.15, 0.2) is 47.4 Å². The zero-order chi connectivity index (χ0) is 22.8. The lowest BCUT2D eigenvalue weighted by Crippen LogP contribution is -2.31. The Balaban J connectivity index is 1.62. The van der Waals surface area contributed by atoms with Gasteiger partial charge in [0, 0.05) is 25.0 Å². The third-order valence-electron chi connectivity index (χ3n) is 6.05. The normalized spacial score (nSPS) is 14.3. The van der Waals surface area contributed by atoms with Crippen molar-refractivity contribution in [2.24, 2.45) is 0 Å². The number of imidazole rings is 1. The molecule has 5 rings (SSSR count). The van der Waals surface area contributed by atoms with Crippen LogP contribution in [0.4, 0.5) is 10.3 Å². The van der Waals surface area contributed by atoms with E-state index in [2.05, 4.69) is 27.2 Å². The number of halogens is 1. The van der Waals surface area contributed by atoms with Crippen molar-refractivity contribution in [2.75, 3.05) is 31.1 Å². The van der Waals surface area contributed by atoms with Gasteiger partial charge in [0.1, 0.15) is 16.9 Å². The second-order valence-corrected chi connectivity index (χ2v) is 8.11. The quantitative estimate of drug-likeness (QED) is 0.491. The Morgan fingerprint density at radius 1 is 1.12 bits per heavy atom. The van der Waals surface area contributed by atoms with Crippen LogP contribution in [-0.4, -0.2) is 45.5 Å². The predicted molar refractivity (Wildman–Crippen MR) is 128 cm³/mol. The summed E-state index contributed by atoms with van der Waals surface area (Å²) < 4.78 is 17.6. The van der Waals surface area contributed by atoms with Crippen LogP contribution in [0.3, 0.4) is 0 Å². The highest BCUT2D eigenvalue weighted by atomic mass is 19.1. The summed E-state index contributed by atoms with van der Waals surface area (Å²) in [7, 11) is 0. The number of nitrogens with zero attached hydrogens (tertiary/aromatic N) is 5. The summed E-state index contributed by atoms with van der Waals surface area (Å²) in [6.07, 6.45) is 2.64. The first-order valence-electron chi connectivity index (χ1n) is 11.1. The van der Waals surface area contributed by atoms with Crippen molar-refractivity contribution in [1.82, 2.24) is 24.6 Å². The van der Waals surface area contributed by atoms with Crippen molar-refractivity contribution >= 4 is 27.8 Å². The zero-order valence-corrected chi connectivity index (χ0v) is 18.5. The Morgan fingerprint density at radius 2 is 1.97 bits per heavy atom. The van der Waals surface area contributed by atoms with Gasteiger partial charge in [-0.05, 0) is 36.9 Å². The number of hydrogen-bond acceptors (Lipinski definition) is 5. The van der Waals surface area contributed by atoms with E-state index in [1.54, 1.807) is 31.3 Å². The van der Waals surface area contributed by atoms with Crippen LogP contribution in [0.5, 0.6) is 0 Å². The third kappa shape index (κ3) is 3.96. The monoisotopic (exact) mass is 444 g/mol. The lowest BCUT2D eigenvalue weighted by atomic mass is 10.0. The average Bonchev–Trinajstić information content (AvgIpc) is 3.00. The molecule has 0 radical (unpaired) electrons. The molecule has 2 aromatic heterocycles. The lowest BCUT2D eigenvalue weighted by molar-refractivity contribution is 0.631. The molecule has 4 aromatic rings. The van der Waals surface area contributed by atoms with E-state index in [0.717, 1.165) is 49.5 Å². The number of benzene rings is 2. The summed E-state index contributed by atoms with van der Waals surface area (Å²) in [6.45, 7) is 5.90. The van der Waals surface area contributed by atoms with Crippen molar-refractivity contribution in [3.05, 3.63) is 64.3 Å². The number of aromatic nitrogens is 4. The molecule has 33 heavy (non-hydrogen) atoms. The number of nitrogens with one attached hydrogen (secondary N) is 1. The minimum atomic E-state index is -0.280. The molecule has 2 aromatic carbocycles. The first kappa shape index (κ1) is 21.2. The molecule has 0 atom stereocenters. The first-order valence-corrected chi connectivity index (χ1v) is 11.1. The maximum Gasteiger partial charge on any atom is 0.293 e. The summed E-state index contributed by atoms with van der Waals surface area (Å²) in [5, 5.41) is 9.10. The van der Waals surface area contributed by atoms with Crippen molar-refractivity contribution in [1.29, 1.82) is 0 Å². The Bertz CT molecular complexity index is 1440. The fraction of sp³-hybridized carbons (Fsp3) is 0.320. The van der Waals surface area contributed by atoms with Crippen molar-refractivity contribution in [3.63, 3.8) is 0 Å². The van der Waals surface area contributed by atoms with Crippen LogP contribution in [-0.2, 0) is 13.1 Å². The number of anilines is 1. The highest BCUT2D eigenvalue weighted by molar-refractivity contribution is 5.86. The van der Waals surface area contributed by atoms with Gasteiger partial charge in [-0.25, -0.2) is 14.1 Å². The third-order valence-corrected chi connectivity index (χ3v) is 6.05. The molecule has 7 nitrogen and oxygen atoms in total. The maximum atomic E-state index is 14.3. The molecule has 8 heteroatoms. The molecule has 0 amide bonds. The van der Waals surface area contributed by atoms with Gasteiger partial charge in [-0.15, -0.1) is 5.92 Å². The van der Waals surface area contributed by atoms with E-state index < -0.39 is 0 Å². The molecule has 0 aliphatic carbocycles. The Morgan fingerprint density at radius 3 is 2.82 bits per heavy atom. The highest BCUT2D eigenvalue weighted by Crippen LogP contribution is 2.23. The summed E-state index contributed by atoms with van der Waals surface area (Å²) in [5.74, 6) is 6.48. The van der Waals surface area contributed by atoms with Crippen LogP contribution in [0, 0.1) is 17.7 Å². The second kappa shape index (κ2) is 9.04. The molecule has 3 heterocycles. The van der Waals surface area contributed by atoms with Crippen molar-refractivity contribution in [2.45, 2.75) is 26.4 Å². The molecule has 0 bridgehead atoms.